The lowest BCUT2D eigenvalue weighted by atomic mass is 9.99. The number of hydrogen-bond acceptors (Lipinski definition) is 15. The molecule has 0 aliphatic heterocycles. The summed E-state index contributed by atoms with van der Waals surface area (Å²) in [4.78, 5) is 73.2. The summed E-state index contributed by atoms with van der Waals surface area (Å²) < 4.78 is 68.8. The van der Waals surface area contributed by atoms with Gasteiger partial charge in [0.25, 0.3) is 0 Å². The zero-order chi connectivity index (χ0) is 75.8. The Morgan fingerprint density at radius 2 is 0.495 bits per heavy atom. The van der Waals surface area contributed by atoms with E-state index >= 15 is 0 Å². The van der Waals surface area contributed by atoms with E-state index in [0.717, 1.165) is 108 Å². The summed E-state index contributed by atoms with van der Waals surface area (Å²) in [6.45, 7) is 12.0. The van der Waals surface area contributed by atoms with Crippen LogP contribution in [0.2, 0.25) is 0 Å². The normalized spacial score (nSPS) is 14.2. The molecule has 0 saturated heterocycles. The molecule has 3 unspecified atom stereocenters. The van der Waals surface area contributed by atoms with Gasteiger partial charge in [-0.15, -0.1) is 0 Å². The Balaban J connectivity index is 5.24. The van der Waals surface area contributed by atoms with Gasteiger partial charge in [-0.05, 0) is 43.4 Å². The summed E-state index contributed by atoms with van der Waals surface area (Å²) in [6.07, 6.45) is 63.9. The molecule has 0 aromatic rings. The van der Waals surface area contributed by atoms with Gasteiger partial charge in [0, 0.05) is 25.7 Å². The summed E-state index contributed by atoms with van der Waals surface area (Å²) >= 11 is 0. The smallest absolute Gasteiger partial charge is 0.462 e. The van der Waals surface area contributed by atoms with Crippen LogP contribution in [0.4, 0.5) is 0 Å². The Bertz CT molecular complexity index is 1990. The van der Waals surface area contributed by atoms with Crippen LogP contribution in [-0.4, -0.2) is 96.7 Å². The standard InChI is InChI=1S/C84H164O17P2/c1-8-10-11-12-13-14-15-16-17-18-19-20-21-22-23-28-31-37-46-53-60-67-83(88)100-79(71-94-81(86)65-58-51-44-36-30-27-25-24-26-29-34-41-48-55-62-75(3)4)73-98-102(90,91)96-69-78(85)70-97-103(92,93)99-74-80(72-95-82(87)66-59-52-45-40-39-43-50-57-64-77(7)9-2)101-84(89)68-61-54-47-38-33-32-35-42-49-56-63-76(5)6/h75-80,85H,8-74H2,1-7H3,(H,90,91)(H,92,93)/t77?,78-,79-,80-/m1/s1. The van der Waals surface area contributed by atoms with Gasteiger partial charge in [-0.3, -0.25) is 37.3 Å². The van der Waals surface area contributed by atoms with Crippen molar-refractivity contribution in [2.45, 2.75) is 458 Å². The van der Waals surface area contributed by atoms with E-state index < -0.39 is 97.5 Å². The predicted molar refractivity (Wildman–Crippen MR) is 423 cm³/mol. The number of aliphatic hydroxyl groups is 1. The summed E-state index contributed by atoms with van der Waals surface area (Å²) in [6, 6.07) is 0. The fourth-order valence-corrected chi connectivity index (χ4v) is 14.6. The molecule has 103 heavy (non-hydrogen) atoms. The molecule has 6 atom stereocenters. The molecule has 612 valence electrons. The van der Waals surface area contributed by atoms with Gasteiger partial charge in [-0.1, -0.05) is 389 Å². The number of unbranched alkanes of at least 4 members (excludes halogenated alkanes) is 49. The van der Waals surface area contributed by atoms with Crippen LogP contribution in [0.5, 0.6) is 0 Å². The first-order valence-corrected chi connectivity index (χ1v) is 46.4. The second kappa shape index (κ2) is 74.2. The van der Waals surface area contributed by atoms with E-state index in [1.54, 1.807) is 0 Å². The highest BCUT2D eigenvalue weighted by molar-refractivity contribution is 7.47. The van der Waals surface area contributed by atoms with Gasteiger partial charge in [-0.2, -0.15) is 0 Å². The minimum atomic E-state index is -4.97. The second-order valence-corrected chi connectivity index (χ2v) is 34.3. The predicted octanol–water partition coefficient (Wildman–Crippen LogP) is 25.3. The lowest BCUT2D eigenvalue weighted by molar-refractivity contribution is -0.161. The molecular formula is C84H164O17P2. The van der Waals surface area contributed by atoms with E-state index in [1.165, 1.54) is 250 Å². The Kier molecular flexibility index (Phi) is 72.8. The number of rotatable bonds is 82. The van der Waals surface area contributed by atoms with E-state index in [-0.39, 0.29) is 25.7 Å². The molecule has 0 amide bonds. The molecular weight excluding hydrogens is 1340 g/mol. The third-order valence-electron chi connectivity index (χ3n) is 20.0. The van der Waals surface area contributed by atoms with Crippen molar-refractivity contribution in [2.75, 3.05) is 39.6 Å². The molecule has 0 aliphatic rings. The molecule has 0 rings (SSSR count). The number of hydrogen-bond donors (Lipinski definition) is 3. The monoisotopic (exact) mass is 1510 g/mol. The van der Waals surface area contributed by atoms with E-state index in [0.29, 0.717) is 25.7 Å². The lowest BCUT2D eigenvalue weighted by Crippen LogP contribution is -2.30. The number of aliphatic hydroxyl groups excluding tert-OH is 1. The topological polar surface area (TPSA) is 237 Å². The van der Waals surface area contributed by atoms with Gasteiger partial charge in [-0.25, -0.2) is 9.13 Å². The van der Waals surface area contributed by atoms with Crippen LogP contribution in [-0.2, 0) is 65.4 Å². The van der Waals surface area contributed by atoms with Crippen molar-refractivity contribution >= 4 is 39.5 Å². The average Bonchev–Trinajstić information content (AvgIpc) is 0.909. The maximum Gasteiger partial charge on any atom is 0.472 e. The SMILES string of the molecule is CCCCCCCCCCCCCCCCCCCCCCCC(=O)O[C@H](COC(=O)CCCCCCCCCCCCCCCCC(C)C)COP(=O)(O)OC[C@@H](O)COP(=O)(O)OC[C@@H](COC(=O)CCCCCCCCCCC(C)CC)OC(=O)CCCCCCCCCCCCC(C)C. The first kappa shape index (κ1) is 101. The van der Waals surface area contributed by atoms with Crippen LogP contribution in [0.25, 0.3) is 0 Å². The molecule has 17 nitrogen and oxygen atoms in total. The van der Waals surface area contributed by atoms with E-state index in [1.807, 2.05) is 0 Å². The zero-order valence-corrected chi connectivity index (χ0v) is 69.6. The Morgan fingerprint density at radius 3 is 0.738 bits per heavy atom. The number of carbonyl (C=O) groups excluding carboxylic acids is 4. The number of phosphoric acid groups is 2. The van der Waals surface area contributed by atoms with E-state index in [2.05, 4.69) is 48.5 Å². The van der Waals surface area contributed by atoms with Crippen molar-refractivity contribution in [3.8, 4) is 0 Å². The summed E-state index contributed by atoms with van der Waals surface area (Å²) in [5, 5.41) is 10.7. The van der Waals surface area contributed by atoms with Crippen LogP contribution in [0.15, 0.2) is 0 Å². The molecule has 0 spiro atoms. The maximum atomic E-state index is 13.1. The van der Waals surface area contributed by atoms with E-state index in [4.69, 9.17) is 37.0 Å². The third-order valence-corrected chi connectivity index (χ3v) is 21.9. The molecule has 0 aromatic heterocycles. The van der Waals surface area contributed by atoms with E-state index in [9.17, 15) is 43.2 Å². The van der Waals surface area contributed by atoms with Crippen LogP contribution in [0.3, 0.4) is 0 Å². The number of phosphoric ester groups is 2. The molecule has 19 heteroatoms. The van der Waals surface area contributed by atoms with Crippen LogP contribution < -0.4 is 0 Å². The molecule has 0 aliphatic carbocycles. The van der Waals surface area contributed by atoms with Crippen molar-refractivity contribution in [1.82, 2.24) is 0 Å². The van der Waals surface area contributed by atoms with Crippen LogP contribution in [0.1, 0.15) is 440 Å². The van der Waals surface area contributed by atoms with Crippen LogP contribution >= 0.6 is 15.6 Å². The van der Waals surface area contributed by atoms with Gasteiger partial charge < -0.3 is 33.8 Å². The number of carbonyl (C=O) groups is 4. The quantitative estimate of drug-likeness (QED) is 0.0222. The number of ether oxygens (including phenoxy) is 4. The highest BCUT2D eigenvalue weighted by Gasteiger charge is 2.30. The minimum Gasteiger partial charge on any atom is -0.462 e. The van der Waals surface area contributed by atoms with Crippen molar-refractivity contribution in [3.05, 3.63) is 0 Å². The third kappa shape index (κ3) is 76.6. The Morgan fingerprint density at radius 1 is 0.282 bits per heavy atom. The molecule has 0 heterocycles. The Hall–Kier alpha value is -1.94. The molecule has 0 fully saturated rings. The fraction of sp³-hybridized carbons (Fsp3) is 0.952. The van der Waals surface area contributed by atoms with Gasteiger partial charge in [0.15, 0.2) is 12.2 Å². The van der Waals surface area contributed by atoms with Crippen molar-refractivity contribution in [1.29, 1.82) is 0 Å². The fourth-order valence-electron chi connectivity index (χ4n) is 13.0. The van der Waals surface area contributed by atoms with Gasteiger partial charge >= 0.3 is 39.5 Å². The highest BCUT2D eigenvalue weighted by Crippen LogP contribution is 2.45. The summed E-state index contributed by atoms with van der Waals surface area (Å²) in [5.74, 6) is 0.220. The summed E-state index contributed by atoms with van der Waals surface area (Å²) in [7, 11) is -9.93. The highest BCUT2D eigenvalue weighted by atomic mass is 31.2. The molecule has 0 bridgehead atoms. The van der Waals surface area contributed by atoms with Crippen molar-refractivity contribution in [2.24, 2.45) is 17.8 Å². The molecule has 0 aromatic carbocycles. The molecule has 3 N–H and O–H groups in total. The second-order valence-electron chi connectivity index (χ2n) is 31.4. The lowest BCUT2D eigenvalue weighted by Gasteiger charge is -2.21. The Labute approximate surface area is 632 Å². The maximum absolute atomic E-state index is 13.1. The minimum absolute atomic E-state index is 0.106. The van der Waals surface area contributed by atoms with Crippen molar-refractivity contribution in [3.63, 3.8) is 0 Å². The first-order chi connectivity index (χ1) is 49.8. The first-order valence-electron chi connectivity index (χ1n) is 43.4. The van der Waals surface area contributed by atoms with Crippen molar-refractivity contribution < 1.29 is 80.2 Å². The van der Waals surface area contributed by atoms with Crippen LogP contribution in [0, 0.1) is 17.8 Å². The molecule has 0 saturated carbocycles. The average molecular weight is 1510 g/mol. The molecule has 0 radical (unpaired) electrons. The van der Waals surface area contributed by atoms with Gasteiger partial charge in [0.1, 0.15) is 19.3 Å². The summed E-state index contributed by atoms with van der Waals surface area (Å²) in [5.41, 5.74) is 0. The van der Waals surface area contributed by atoms with Gasteiger partial charge in [0.2, 0.25) is 0 Å². The zero-order valence-electron chi connectivity index (χ0n) is 67.8. The largest absolute Gasteiger partial charge is 0.472 e. The number of esters is 4. The van der Waals surface area contributed by atoms with Gasteiger partial charge in [0.05, 0.1) is 26.4 Å².